The van der Waals surface area contributed by atoms with Gasteiger partial charge in [-0.05, 0) is 48.6 Å². The van der Waals surface area contributed by atoms with Crippen molar-refractivity contribution in [3.63, 3.8) is 0 Å². The molecule has 2 rings (SSSR count). The number of likely N-dealkylation sites (N-methyl/N-ethyl adjacent to an activating group) is 1. The maximum Gasteiger partial charge on any atom is 0.191 e. The summed E-state index contributed by atoms with van der Waals surface area (Å²) in [5.41, 5.74) is 1.26. The van der Waals surface area contributed by atoms with Crippen LogP contribution in [0, 0.1) is 0 Å². The van der Waals surface area contributed by atoms with E-state index in [1.807, 2.05) is 26.2 Å². The van der Waals surface area contributed by atoms with Gasteiger partial charge in [0.1, 0.15) is 5.76 Å². The van der Waals surface area contributed by atoms with Crippen LogP contribution < -0.4 is 10.6 Å². The molecule has 2 N–H and O–H groups in total. The normalized spacial score (nSPS) is 12.8. The molecule has 5 nitrogen and oxygen atoms in total. The van der Waals surface area contributed by atoms with Crippen molar-refractivity contribution in [1.82, 2.24) is 15.5 Å². The quantitative estimate of drug-likeness (QED) is 0.417. The first-order valence-electron chi connectivity index (χ1n) is 6.86. The first-order valence-corrected chi connectivity index (χ1v) is 7.80. The second-order valence-corrected chi connectivity index (χ2v) is 5.71. The molecule has 0 aliphatic carbocycles. The van der Waals surface area contributed by atoms with Gasteiger partial charge in [0.05, 0.1) is 12.3 Å². The van der Waals surface area contributed by atoms with Crippen molar-refractivity contribution in [2.45, 2.75) is 12.6 Å². The fraction of sp³-hybridized carbons (Fsp3) is 0.400. The van der Waals surface area contributed by atoms with Crippen LogP contribution in [0.3, 0.4) is 0 Å². The molecule has 2 aromatic rings. The molecule has 7 heteroatoms. The van der Waals surface area contributed by atoms with Crippen LogP contribution in [0.25, 0.3) is 0 Å². The number of hydrogen-bond donors (Lipinski definition) is 2. The van der Waals surface area contributed by atoms with Gasteiger partial charge in [-0.1, -0.05) is 0 Å². The highest BCUT2D eigenvalue weighted by molar-refractivity contribution is 14.0. The van der Waals surface area contributed by atoms with Gasteiger partial charge in [-0.3, -0.25) is 9.89 Å². The molecule has 0 radical (unpaired) electrons. The standard InChI is InChI=1S/C15H22N4OS.HI/c1-16-15(17-9-12-6-8-21-11-12)18-10-13(19(2)3)14-5-4-7-20-14;/h4-8,11,13H,9-10H2,1-3H3,(H2,16,17,18);1H. The van der Waals surface area contributed by atoms with E-state index in [0.717, 1.165) is 24.8 Å². The average Bonchev–Trinajstić information content (AvgIpc) is 3.15. The van der Waals surface area contributed by atoms with E-state index < -0.39 is 0 Å². The molecule has 122 valence electrons. The summed E-state index contributed by atoms with van der Waals surface area (Å²) in [4.78, 5) is 6.37. The Kier molecular flexibility index (Phi) is 8.51. The van der Waals surface area contributed by atoms with E-state index in [0.29, 0.717) is 0 Å². The van der Waals surface area contributed by atoms with Crippen molar-refractivity contribution in [2.75, 3.05) is 27.7 Å². The van der Waals surface area contributed by atoms with Gasteiger partial charge in [0.25, 0.3) is 0 Å². The Balaban J connectivity index is 0.00000242. The van der Waals surface area contributed by atoms with E-state index in [1.165, 1.54) is 5.56 Å². The summed E-state index contributed by atoms with van der Waals surface area (Å²) in [5, 5.41) is 10.9. The molecule has 0 saturated carbocycles. The van der Waals surface area contributed by atoms with E-state index in [9.17, 15) is 0 Å². The lowest BCUT2D eigenvalue weighted by Crippen LogP contribution is -2.41. The van der Waals surface area contributed by atoms with Crippen LogP contribution in [-0.2, 0) is 6.54 Å². The Bertz CT molecular complexity index is 540. The number of hydrogen-bond acceptors (Lipinski definition) is 4. The predicted molar refractivity (Wildman–Crippen MR) is 103 cm³/mol. The third-order valence-electron chi connectivity index (χ3n) is 3.22. The molecule has 1 unspecified atom stereocenters. The molecule has 0 fully saturated rings. The van der Waals surface area contributed by atoms with Crippen molar-refractivity contribution >= 4 is 41.3 Å². The number of nitrogens with one attached hydrogen (secondary N) is 2. The molecular formula is C15H23IN4OS. The van der Waals surface area contributed by atoms with E-state index >= 15 is 0 Å². The maximum atomic E-state index is 5.50. The summed E-state index contributed by atoms with van der Waals surface area (Å²) in [6.07, 6.45) is 1.70. The van der Waals surface area contributed by atoms with Gasteiger partial charge >= 0.3 is 0 Å². The Morgan fingerprint density at radius 2 is 2.18 bits per heavy atom. The van der Waals surface area contributed by atoms with Gasteiger partial charge in [-0.2, -0.15) is 11.3 Å². The van der Waals surface area contributed by atoms with Crippen LogP contribution in [0.2, 0.25) is 0 Å². The lowest BCUT2D eigenvalue weighted by atomic mass is 10.2. The molecule has 2 aromatic heterocycles. The van der Waals surface area contributed by atoms with Gasteiger partial charge in [0.2, 0.25) is 0 Å². The lowest BCUT2D eigenvalue weighted by molar-refractivity contribution is 0.258. The van der Waals surface area contributed by atoms with Crippen molar-refractivity contribution in [3.8, 4) is 0 Å². The van der Waals surface area contributed by atoms with Gasteiger partial charge in [0, 0.05) is 20.1 Å². The van der Waals surface area contributed by atoms with E-state index in [2.05, 4.69) is 37.4 Å². The minimum Gasteiger partial charge on any atom is -0.468 e. The summed E-state index contributed by atoms with van der Waals surface area (Å²) in [6.45, 7) is 1.50. The molecule has 0 saturated heterocycles. The molecule has 0 bridgehead atoms. The second-order valence-electron chi connectivity index (χ2n) is 4.93. The highest BCUT2D eigenvalue weighted by atomic mass is 127. The SMILES string of the molecule is CN=C(NCc1ccsc1)NCC(c1ccco1)N(C)C.I. The average molecular weight is 434 g/mol. The molecule has 22 heavy (non-hydrogen) atoms. The third kappa shape index (κ3) is 5.62. The van der Waals surface area contributed by atoms with Crippen LogP contribution in [0.5, 0.6) is 0 Å². The van der Waals surface area contributed by atoms with Crippen LogP contribution >= 0.6 is 35.3 Å². The Hall–Kier alpha value is -1.06. The molecule has 1 atom stereocenters. The molecule has 0 spiro atoms. The number of guanidine groups is 1. The predicted octanol–water partition coefficient (Wildman–Crippen LogP) is 2.93. The van der Waals surface area contributed by atoms with E-state index in [1.54, 1.807) is 24.6 Å². The maximum absolute atomic E-state index is 5.50. The summed E-state index contributed by atoms with van der Waals surface area (Å²) in [6, 6.07) is 6.18. The summed E-state index contributed by atoms with van der Waals surface area (Å²) < 4.78 is 5.50. The number of furan rings is 1. The van der Waals surface area contributed by atoms with Crippen molar-refractivity contribution in [2.24, 2.45) is 4.99 Å². The first-order chi connectivity index (χ1) is 10.2. The van der Waals surface area contributed by atoms with Crippen LogP contribution in [0.15, 0.2) is 44.6 Å². The smallest absolute Gasteiger partial charge is 0.191 e. The summed E-state index contributed by atoms with van der Waals surface area (Å²) >= 11 is 1.70. The zero-order chi connectivity index (χ0) is 15.1. The largest absolute Gasteiger partial charge is 0.468 e. The van der Waals surface area contributed by atoms with Gasteiger partial charge in [-0.15, -0.1) is 24.0 Å². The lowest BCUT2D eigenvalue weighted by Gasteiger charge is -2.23. The van der Waals surface area contributed by atoms with Gasteiger partial charge in [0.15, 0.2) is 5.96 Å². The van der Waals surface area contributed by atoms with Crippen molar-refractivity contribution in [1.29, 1.82) is 0 Å². The highest BCUT2D eigenvalue weighted by Gasteiger charge is 2.17. The minimum atomic E-state index is 0. The number of aliphatic imine (C=N–C) groups is 1. The van der Waals surface area contributed by atoms with E-state index in [4.69, 9.17) is 4.42 Å². The fourth-order valence-corrected chi connectivity index (χ4v) is 2.68. The fourth-order valence-electron chi connectivity index (χ4n) is 2.01. The Labute approximate surface area is 152 Å². The molecular weight excluding hydrogens is 411 g/mol. The van der Waals surface area contributed by atoms with Gasteiger partial charge < -0.3 is 15.1 Å². The number of thiophene rings is 1. The van der Waals surface area contributed by atoms with Gasteiger partial charge in [-0.25, -0.2) is 0 Å². The monoisotopic (exact) mass is 434 g/mol. The molecule has 0 aliphatic heterocycles. The third-order valence-corrected chi connectivity index (χ3v) is 3.95. The van der Waals surface area contributed by atoms with Crippen molar-refractivity contribution < 1.29 is 4.42 Å². The Morgan fingerprint density at radius 1 is 1.36 bits per heavy atom. The first kappa shape index (κ1) is 19.0. The molecule has 0 aromatic carbocycles. The zero-order valence-electron chi connectivity index (χ0n) is 13.1. The second kappa shape index (κ2) is 9.86. The van der Waals surface area contributed by atoms with Crippen LogP contribution in [-0.4, -0.2) is 38.5 Å². The van der Waals surface area contributed by atoms with Crippen molar-refractivity contribution in [3.05, 3.63) is 46.5 Å². The Morgan fingerprint density at radius 3 is 2.73 bits per heavy atom. The number of rotatable bonds is 6. The molecule has 2 heterocycles. The zero-order valence-corrected chi connectivity index (χ0v) is 16.2. The molecule has 0 aliphatic rings. The molecule has 0 amide bonds. The van der Waals surface area contributed by atoms with Crippen LogP contribution in [0.4, 0.5) is 0 Å². The number of halogens is 1. The van der Waals surface area contributed by atoms with E-state index in [-0.39, 0.29) is 30.0 Å². The summed E-state index contributed by atoms with van der Waals surface area (Å²) in [7, 11) is 5.85. The highest BCUT2D eigenvalue weighted by Crippen LogP contribution is 2.17. The number of nitrogens with zero attached hydrogens (tertiary/aromatic N) is 2. The minimum absolute atomic E-state index is 0. The summed E-state index contributed by atoms with van der Waals surface area (Å²) in [5.74, 6) is 1.74. The van der Waals surface area contributed by atoms with Crippen LogP contribution in [0.1, 0.15) is 17.4 Å². The topological polar surface area (TPSA) is 52.8 Å².